The summed E-state index contributed by atoms with van der Waals surface area (Å²) in [6, 6.07) is -0.623. The molecule has 0 radical (unpaired) electrons. The molecule has 6 nitrogen and oxygen atoms in total. The number of aliphatic hydroxyl groups excluding tert-OH is 2. The third-order valence-corrected chi connectivity index (χ3v) is 15.4. The van der Waals surface area contributed by atoms with E-state index in [2.05, 4.69) is 43.5 Å². The molecule has 6 heteroatoms. The maximum absolute atomic E-state index is 12.4. The Hall–Kier alpha value is -1.92. The fraction of sp³-hybridized carbons (Fsp3) is 0.882. The Morgan fingerprint density at radius 2 is 0.635 bits per heavy atom. The van der Waals surface area contributed by atoms with Crippen molar-refractivity contribution in [2.24, 2.45) is 0 Å². The van der Waals surface area contributed by atoms with E-state index in [1.54, 1.807) is 6.08 Å². The third-order valence-electron chi connectivity index (χ3n) is 15.4. The number of hydrogen-bond donors (Lipinski definition) is 3. The van der Waals surface area contributed by atoms with Gasteiger partial charge in [-0.2, -0.15) is 0 Å². The fourth-order valence-electron chi connectivity index (χ4n) is 10.3. The number of hydrogen-bond acceptors (Lipinski definition) is 5. The highest BCUT2D eigenvalue weighted by Crippen LogP contribution is 2.18. The van der Waals surface area contributed by atoms with Crippen LogP contribution in [-0.4, -0.2) is 47.4 Å². The second-order valence-electron chi connectivity index (χ2n) is 22.8. The number of rotatable bonds is 62. The molecule has 74 heavy (non-hydrogen) atoms. The lowest BCUT2D eigenvalue weighted by atomic mass is 10.0. The molecule has 0 aromatic carbocycles. The first kappa shape index (κ1) is 72.1. The zero-order valence-electron chi connectivity index (χ0n) is 49.8. The zero-order chi connectivity index (χ0) is 53.6. The normalized spacial score (nSPS) is 12.8. The highest BCUT2D eigenvalue weighted by Gasteiger charge is 2.18. The summed E-state index contributed by atoms with van der Waals surface area (Å²) < 4.78 is 5.48. The summed E-state index contributed by atoms with van der Waals surface area (Å²) in [6.07, 6.45) is 80.8. The molecule has 0 aliphatic rings. The number of amides is 1. The van der Waals surface area contributed by atoms with E-state index in [0.717, 1.165) is 44.9 Å². The van der Waals surface area contributed by atoms with Gasteiger partial charge in [-0.25, -0.2) is 0 Å². The van der Waals surface area contributed by atoms with Crippen LogP contribution < -0.4 is 5.32 Å². The lowest BCUT2D eigenvalue weighted by Gasteiger charge is -2.20. The van der Waals surface area contributed by atoms with Crippen LogP contribution in [0.15, 0.2) is 36.5 Å². The lowest BCUT2D eigenvalue weighted by Crippen LogP contribution is -2.45. The minimum absolute atomic E-state index is 0.00988. The molecule has 0 fully saturated rings. The highest BCUT2D eigenvalue weighted by molar-refractivity contribution is 5.76. The van der Waals surface area contributed by atoms with Crippen LogP contribution in [0.1, 0.15) is 361 Å². The van der Waals surface area contributed by atoms with Crippen LogP contribution in [0.3, 0.4) is 0 Å². The van der Waals surface area contributed by atoms with Gasteiger partial charge in [-0.1, -0.05) is 301 Å². The Morgan fingerprint density at radius 3 is 0.959 bits per heavy atom. The maximum atomic E-state index is 12.4. The average Bonchev–Trinajstić information content (AvgIpc) is 3.40. The van der Waals surface area contributed by atoms with E-state index >= 15 is 0 Å². The second-order valence-corrected chi connectivity index (χ2v) is 22.8. The predicted molar refractivity (Wildman–Crippen MR) is 324 cm³/mol. The Kier molecular flexibility index (Phi) is 62.0. The van der Waals surface area contributed by atoms with Gasteiger partial charge in [0.05, 0.1) is 25.4 Å². The van der Waals surface area contributed by atoms with Crippen molar-refractivity contribution in [3.8, 4) is 0 Å². The molecule has 0 saturated heterocycles. The molecule has 0 bridgehead atoms. The summed E-state index contributed by atoms with van der Waals surface area (Å²) in [6.45, 7) is 4.89. The number of nitrogens with one attached hydrogen (secondary N) is 1. The summed E-state index contributed by atoms with van der Waals surface area (Å²) in [5.74, 6) is -0.0560. The highest BCUT2D eigenvalue weighted by atomic mass is 16.5. The van der Waals surface area contributed by atoms with E-state index in [9.17, 15) is 19.8 Å². The first-order valence-corrected chi connectivity index (χ1v) is 33.3. The van der Waals surface area contributed by atoms with E-state index in [4.69, 9.17) is 4.74 Å². The first-order chi connectivity index (χ1) is 36.5. The Bertz CT molecular complexity index is 1200. The third kappa shape index (κ3) is 59.3. The number of aliphatic hydroxyl groups is 2. The van der Waals surface area contributed by atoms with Gasteiger partial charge in [0.15, 0.2) is 0 Å². The molecule has 0 aromatic rings. The van der Waals surface area contributed by atoms with Gasteiger partial charge in [-0.15, -0.1) is 0 Å². The minimum Gasteiger partial charge on any atom is -0.466 e. The summed E-state index contributed by atoms with van der Waals surface area (Å²) in [7, 11) is 0. The number of carbonyl (C=O) groups excluding carboxylic acids is 2. The van der Waals surface area contributed by atoms with E-state index < -0.39 is 12.1 Å². The van der Waals surface area contributed by atoms with Gasteiger partial charge in [0.2, 0.25) is 5.91 Å². The van der Waals surface area contributed by atoms with Crippen LogP contribution in [0.4, 0.5) is 0 Å². The summed E-state index contributed by atoms with van der Waals surface area (Å²) in [5.41, 5.74) is 0. The minimum atomic E-state index is -0.840. The van der Waals surface area contributed by atoms with E-state index in [0.29, 0.717) is 19.4 Å². The van der Waals surface area contributed by atoms with Gasteiger partial charge < -0.3 is 20.3 Å². The molecule has 0 spiro atoms. The maximum Gasteiger partial charge on any atom is 0.305 e. The van der Waals surface area contributed by atoms with Crippen LogP contribution in [0.25, 0.3) is 0 Å². The predicted octanol–water partition coefficient (Wildman–Crippen LogP) is 21.1. The van der Waals surface area contributed by atoms with Crippen molar-refractivity contribution >= 4 is 11.9 Å². The van der Waals surface area contributed by atoms with Crippen LogP contribution in [0.5, 0.6) is 0 Å². The van der Waals surface area contributed by atoms with Gasteiger partial charge in [0.1, 0.15) is 0 Å². The molecule has 0 aromatic heterocycles. The molecule has 2 atom stereocenters. The number of carbonyl (C=O) groups is 2. The second kappa shape index (κ2) is 63.6. The first-order valence-electron chi connectivity index (χ1n) is 33.3. The molecule has 436 valence electrons. The zero-order valence-corrected chi connectivity index (χ0v) is 49.8. The van der Waals surface area contributed by atoms with Gasteiger partial charge >= 0.3 is 5.97 Å². The van der Waals surface area contributed by atoms with Crippen molar-refractivity contribution in [1.29, 1.82) is 0 Å². The molecule has 0 saturated carbocycles. The Labute approximate surface area is 462 Å². The molecule has 0 rings (SSSR count). The van der Waals surface area contributed by atoms with Gasteiger partial charge in [-0.3, -0.25) is 9.59 Å². The fourth-order valence-corrected chi connectivity index (χ4v) is 10.3. The van der Waals surface area contributed by atoms with Crippen molar-refractivity contribution in [3.05, 3.63) is 36.5 Å². The molecule has 3 N–H and O–H groups in total. The molecule has 0 aliphatic heterocycles. The quantitative estimate of drug-likeness (QED) is 0.0320. The molecular formula is C68H129NO5. The monoisotopic (exact) mass is 1040 g/mol. The summed E-state index contributed by atoms with van der Waals surface area (Å²) in [4.78, 5) is 24.5. The van der Waals surface area contributed by atoms with Crippen molar-refractivity contribution < 1.29 is 24.5 Å². The largest absolute Gasteiger partial charge is 0.466 e. The van der Waals surface area contributed by atoms with Crippen LogP contribution in [0, 0.1) is 0 Å². The number of esters is 1. The molecule has 2 unspecified atom stereocenters. The lowest BCUT2D eigenvalue weighted by molar-refractivity contribution is -0.143. The van der Waals surface area contributed by atoms with Crippen molar-refractivity contribution in [1.82, 2.24) is 5.32 Å². The van der Waals surface area contributed by atoms with E-state index in [-0.39, 0.29) is 18.5 Å². The number of unbranched alkanes of at least 4 members (excludes halogenated alkanes) is 47. The van der Waals surface area contributed by atoms with Crippen LogP contribution >= 0.6 is 0 Å². The average molecular weight is 1040 g/mol. The summed E-state index contributed by atoms with van der Waals surface area (Å²) >= 11 is 0. The van der Waals surface area contributed by atoms with Gasteiger partial charge in [-0.05, 0) is 83.5 Å². The van der Waals surface area contributed by atoms with Crippen molar-refractivity contribution in [2.75, 3.05) is 13.2 Å². The summed E-state index contributed by atoms with van der Waals surface area (Å²) in [5, 5.41) is 23.0. The van der Waals surface area contributed by atoms with Crippen molar-refractivity contribution in [3.63, 3.8) is 0 Å². The Morgan fingerprint density at radius 1 is 0.365 bits per heavy atom. The van der Waals surface area contributed by atoms with E-state index in [1.807, 2.05) is 6.08 Å². The molecule has 0 aliphatic carbocycles. The SMILES string of the molecule is CCCCCCC/C=C\CCCCCCCC(=O)OCCCCCCCCCCCCCC/C=C\CCCCCCCCCCCCCCCCCCCC(=O)NC(CO)C(O)/C=C/CCCCCCCCCC. The molecular weight excluding hydrogens is 911 g/mol. The standard InChI is InChI=1S/C68H129NO5/c1-3-5-7-9-11-13-15-16-39-42-46-50-54-58-62-68(73)74-63-59-55-51-47-43-40-37-35-33-31-29-27-25-23-21-19-17-18-20-22-24-26-28-30-32-34-36-38-41-45-49-53-57-61-67(72)69-65(64-70)66(71)60-56-52-48-44-14-12-10-8-6-4-2/h15-16,21,23,56,60,65-66,70-71H,3-14,17-20,22,24-55,57-59,61-64H2,1-2H3,(H,69,72)/b16-15-,23-21-,60-56+. The number of allylic oxidation sites excluding steroid dienone is 5. The van der Waals surface area contributed by atoms with Gasteiger partial charge in [0.25, 0.3) is 0 Å². The van der Waals surface area contributed by atoms with Crippen molar-refractivity contribution in [2.45, 2.75) is 373 Å². The molecule has 1 amide bonds. The Balaban J connectivity index is 3.34. The topological polar surface area (TPSA) is 95.9 Å². The van der Waals surface area contributed by atoms with Crippen LogP contribution in [-0.2, 0) is 14.3 Å². The van der Waals surface area contributed by atoms with Crippen LogP contribution in [0.2, 0.25) is 0 Å². The van der Waals surface area contributed by atoms with E-state index in [1.165, 1.54) is 289 Å². The molecule has 0 heterocycles. The smallest absolute Gasteiger partial charge is 0.305 e. The number of ether oxygens (including phenoxy) is 1. The van der Waals surface area contributed by atoms with Gasteiger partial charge in [0, 0.05) is 12.8 Å².